The summed E-state index contributed by atoms with van der Waals surface area (Å²) in [6.45, 7) is 1.90. The lowest BCUT2D eigenvalue weighted by Gasteiger charge is -2.02. The maximum atomic E-state index is 10.6. The molecule has 0 bridgehead atoms. The first-order valence-electron chi connectivity index (χ1n) is 4.88. The van der Waals surface area contributed by atoms with Crippen LogP contribution in [0.15, 0.2) is 40.8 Å². The highest BCUT2D eigenvalue weighted by Gasteiger charge is 2.02. The maximum absolute atomic E-state index is 10.6. The van der Waals surface area contributed by atoms with Crippen molar-refractivity contribution >= 4 is 11.7 Å². The van der Waals surface area contributed by atoms with Crippen molar-refractivity contribution in [2.45, 2.75) is 6.92 Å². The van der Waals surface area contributed by atoms with E-state index < -0.39 is 6.03 Å². The normalized spacial score (nSPS) is 10.1. The van der Waals surface area contributed by atoms with Crippen molar-refractivity contribution in [3.05, 3.63) is 42.2 Å². The average molecular weight is 216 g/mol. The molecule has 0 radical (unpaired) electrons. The Kier molecular flexibility index (Phi) is 2.64. The molecule has 1 heterocycles. The maximum Gasteiger partial charge on any atom is 0.316 e. The predicted octanol–water partition coefficient (Wildman–Crippen LogP) is 2.75. The highest BCUT2D eigenvalue weighted by atomic mass is 16.3. The number of carbonyl (C=O) groups excluding carboxylic acids is 1. The molecule has 82 valence electrons. The number of urea groups is 1. The molecule has 0 aliphatic heterocycles. The lowest BCUT2D eigenvalue weighted by molar-refractivity contribution is 0.259. The molecule has 1 aromatic carbocycles. The molecule has 3 N–H and O–H groups in total. The topological polar surface area (TPSA) is 68.3 Å². The summed E-state index contributed by atoms with van der Waals surface area (Å²) in [4.78, 5) is 10.6. The Bertz CT molecular complexity index is 500. The number of hydrogen-bond acceptors (Lipinski definition) is 2. The molecule has 4 heteroatoms. The first kappa shape index (κ1) is 10.3. The second-order valence-corrected chi connectivity index (χ2v) is 3.48. The Hall–Kier alpha value is -2.23. The minimum absolute atomic E-state index is 0.568. The van der Waals surface area contributed by atoms with Crippen LogP contribution in [0.1, 0.15) is 5.76 Å². The van der Waals surface area contributed by atoms with Crippen LogP contribution in [0.3, 0.4) is 0 Å². The van der Waals surface area contributed by atoms with Gasteiger partial charge in [-0.05, 0) is 43.3 Å². The zero-order valence-corrected chi connectivity index (χ0v) is 8.86. The number of aryl methyl sites for hydroxylation is 1. The van der Waals surface area contributed by atoms with Crippen molar-refractivity contribution < 1.29 is 9.21 Å². The number of hydrogen-bond donors (Lipinski definition) is 2. The Morgan fingerprint density at radius 2 is 1.88 bits per heavy atom. The monoisotopic (exact) mass is 216 g/mol. The van der Waals surface area contributed by atoms with Crippen molar-refractivity contribution in [1.82, 2.24) is 0 Å². The minimum Gasteiger partial charge on any atom is -0.461 e. The fraction of sp³-hybridized carbons (Fsp3) is 0.0833. The van der Waals surface area contributed by atoms with Gasteiger partial charge in [0.2, 0.25) is 0 Å². The highest BCUT2D eigenvalue weighted by Crippen LogP contribution is 2.23. The second kappa shape index (κ2) is 4.10. The summed E-state index contributed by atoms with van der Waals surface area (Å²) in [5, 5.41) is 2.50. The van der Waals surface area contributed by atoms with E-state index in [0.717, 1.165) is 17.1 Å². The molecule has 16 heavy (non-hydrogen) atoms. The van der Waals surface area contributed by atoms with Crippen LogP contribution in [0.25, 0.3) is 11.3 Å². The Morgan fingerprint density at radius 1 is 1.19 bits per heavy atom. The fourth-order valence-electron chi connectivity index (χ4n) is 1.45. The number of amides is 2. The quantitative estimate of drug-likeness (QED) is 0.810. The summed E-state index contributed by atoms with van der Waals surface area (Å²) < 4.78 is 5.48. The van der Waals surface area contributed by atoms with E-state index in [0.29, 0.717) is 5.69 Å². The third-order valence-electron chi connectivity index (χ3n) is 2.18. The molecule has 2 amide bonds. The van der Waals surface area contributed by atoms with Gasteiger partial charge in [-0.3, -0.25) is 0 Å². The van der Waals surface area contributed by atoms with Gasteiger partial charge in [0.1, 0.15) is 11.5 Å². The van der Waals surface area contributed by atoms with Crippen LogP contribution in [0.5, 0.6) is 0 Å². The van der Waals surface area contributed by atoms with Gasteiger partial charge in [-0.15, -0.1) is 0 Å². The highest BCUT2D eigenvalue weighted by molar-refractivity contribution is 5.88. The number of nitrogens with one attached hydrogen (secondary N) is 1. The van der Waals surface area contributed by atoms with E-state index in [4.69, 9.17) is 10.2 Å². The molecular weight excluding hydrogens is 204 g/mol. The molecule has 0 unspecified atom stereocenters. The van der Waals surface area contributed by atoms with Crippen molar-refractivity contribution in [3.8, 4) is 11.3 Å². The summed E-state index contributed by atoms with van der Waals surface area (Å²) in [6.07, 6.45) is 0. The number of furan rings is 1. The van der Waals surface area contributed by atoms with Crippen molar-refractivity contribution in [2.75, 3.05) is 5.32 Å². The van der Waals surface area contributed by atoms with E-state index in [1.807, 2.05) is 31.2 Å². The largest absolute Gasteiger partial charge is 0.461 e. The molecule has 2 aromatic rings. The van der Waals surface area contributed by atoms with Crippen LogP contribution in [-0.2, 0) is 0 Å². The van der Waals surface area contributed by atoms with Gasteiger partial charge >= 0.3 is 6.03 Å². The summed E-state index contributed by atoms with van der Waals surface area (Å²) in [6, 6.07) is 10.5. The van der Waals surface area contributed by atoms with Gasteiger partial charge in [-0.2, -0.15) is 0 Å². The van der Waals surface area contributed by atoms with E-state index in [1.165, 1.54) is 0 Å². The predicted molar refractivity (Wildman–Crippen MR) is 62.1 cm³/mol. The molecule has 0 fully saturated rings. The molecule has 0 aliphatic rings. The zero-order chi connectivity index (χ0) is 11.5. The number of nitrogens with two attached hydrogens (primary N) is 1. The van der Waals surface area contributed by atoms with Crippen LogP contribution in [0.4, 0.5) is 10.5 Å². The number of anilines is 1. The first-order chi connectivity index (χ1) is 7.65. The van der Waals surface area contributed by atoms with E-state index in [9.17, 15) is 4.79 Å². The van der Waals surface area contributed by atoms with E-state index >= 15 is 0 Å². The lowest BCUT2D eigenvalue weighted by atomic mass is 10.1. The number of benzene rings is 1. The second-order valence-electron chi connectivity index (χ2n) is 3.48. The van der Waals surface area contributed by atoms with E-state index in [1.54, 1.807) is 12.1 Å². The van der Waals surface area contributed by atoms with Gasteiger partial charge in [0.05, 0.1) is 0 Å². The van der Waals surface area contributed by atoms with Crippen LogP contribution < -0.4 is 11.1 Å². The molecule has 0 saturated carbocycles. The number of primary amides is 1. The number of carbonyl (C=O) groups is 1. The summed E-state index contributed by atoms with van der Waals surface area (Å²) in [5.74, 6) is 1.68. The van der Waals surface area contributed by atoms with E-state index in [-0.39, 0.29) is 0 Å². The van der Waals surface area contributed by atoms with E-state index in [2.05, 4.69) is 5.32 Å². The van der Waals surface area contributed by atoms with Gasteiger partial charge in [0, 0.05) is 11.3 Å². The van der Waals surface area contributed by atoms with Gasteiger partial charge in [-0.1, -0.05) is 0 Å². The minimum atomic E-state index is -0.568. The SMILES string of the molecule is Cc1ccc(-c2ccc(NC(N)=O)cc2)o1. The molecule has 0 saturated heterocycles. The summed E-state index contributed by atoms with van der Waals surface area (Å²) in [5.41, 5.74) is 6.64. The molecule has 2 rings (SSSR count). The Morgan fingerprint density at radius 3 is 2.38 bits per heavy atom. The molecular formula is C12H12N2O2. The van der Waals surface area contributed by atoms with Crippen molar-refractivity contribution in [3.63, 3.8) is 0 Å². The zero-order valence-electron chi connectivity index (χ0n) is 8.86. The lowest BCUT2D eigenvalue weighted by Crippen LogP contribution is -2.19. The van der Waals surface area contributed by atoms with Gasteiger partial charge < -0.3 is 15.5 Å². The smallest absolute Gasteiger partial charge is 0.316 e. The molecule has 0 aliphatic carbocycles. The van der Waals surface area contributed by atoms with Gasteiger partial charge in [0.15, 0.2) is 0 Å². The molecule has 1 aromatic heterocycles. The van der Waals surface area contributed by atoms with Crippen LogP contribution in [-0.4, -0.2) is 6.03 Å². The molecule has 4 nitrogen and oxygen atoms in total. The first-order valence-corrected chi connectivity index (χ1v) is 4.88. The van der Waals surface area contributed by atoms with Crippen LogP contribution in [0, 0.1) is 6.92 Å². The van der Waals surface area contributed by atoms with Crippen molar-refractivity contribution in [2.24, 2.45) is 5.73 Å². The number of rotatable bonds is 2. The fourth-order valence-corrected chi connectivity index (χ4v) is 1.45. The molecule has 0 spiro atoms. The Labute approximate surface area is 93.1 Å². The third-order valence-corrected chi connectivity index (χ3v) is 2.18. The third kappa shape index (κ3) is 2.23. The summed E-state index contributed by atoms with van der Waals surface area (Å²) in [7, 11) is 0. The van der Waals surface area contributed by atoms with Gasteiger partial charge in [-0.25, -0.2) is 4.79 Å². The van der Waals surface area contributed by atoms with Crippen LogP contribution >= 0.6 is 0 Å². The molecule has 0 atom stereocenters. The standard InChI is InChI=1S/C12H12N2O2/c1-8-2-7-11(16-8)9-3-5-10(6-4-9)14-12(13)15/h2-7H,1H3,(H3,13,14,15). The van der Waals surface area contributed by atoms with Crippen LogP contribution in [0.2, 0.25) is 0 Å². The Balaban J connectivity index is 2.22. The summed E-state index contributed by atoms with van der Waals surface area (Å²) >= 11 is 0. The van der Waals surface area contributed by atoms with Gasteiger partial charge in [0.25, 0.3) is 0 Å². The van der Waals surface area contributed by atoms with Crippen molar-refractivity contribution in [1.29, 1.82) is 0 Å². The average Bonchev–Trinajstić information content (AvgIpc) is 2.65.